The summed E-state index contributed by atoms with van der Waals surface area (Å²) in [6.45, 7) is 6.93. The summed E-state index contributed by atoms with van der Waals surface area (Å²) in [6, 6.07) is 0. The summed E-state index contributed by atoms with van der Waals surface area (Å²) >= 11 is 0. The average Bonchev–Trinajstić information content (AvgIpc) is 1.60. The molecule has 0 heterocycles. The molecule has 0 aromatic heterocycles. The molecule has 0 saturated heterocycles. The molecule has 52 valence electrons. The van der Waals surface area contributed by atoms with Crippen molar-refractivity contribution in [2.75, 3.05) is 0 Å². The Morgan fingerprint density at radius 1 is 1.44 bits per heavy atom. The number of hydrogen-bond donors (Lipinski definition) is 0. The van der Waals surface area contributed by atoms with Crippen molar-refractivity contribution in [1.82, 2.24) is 0 Å². The molecule has 0 heteroatoms. The van der Waals surface area contributed by atoms with Crippen LogP contribution in [0.1, 0.15) is 33.6 Å². The molecule has 0 nitrogen and oxygen atoms in total. The van der Waals surface area contributed by atoms with Crippen molar-refractivity contribution in [2.45, 2.75) is 33.6 Å². The van der Waals surface area contributed by atoms with Crippen molar-refractivity contribution in [2.24, 2.45) is 11.3 Å². The van der Waals surface area contributed by atoms with E-state index in [4.69, 9.17) is 0 Å². The molecule has 0 fully saturated rings. The molecule has 0 saturated carbocycles. The summed E-state index contributed by atoms with van der Waals surface area (Å²) < 4.78 is 0. The molecule has 1 aliphatic carbocycles. The van der Waals surface area contributed by atoms with E-state index in [0.29, 0.717) is 5.41 Å². The van der Waals surface area contributed by atoms with E-state index in [1.165, 1.54) is 12.8 Å². The third-order valence-corrected chi connectivity index (χ3v) is 1.98. The quantitative estimate of drug-likeness (QED) is 0.435. The molecule has 0 bridgehead atoms. The molecule has 0 N–H and O–H groups in total. The second-order valence-electron chi connectivity index (χ2n) is 3.94. The van der Waals surface area contributed by atoms with Crippen molar-refractivity contribution < 1.29 is 0 Å². The lowest BCUT2D eigenvalue weighted by molar-refractivity contribution is 0.331. The highest BCUT2D eigenvalue weighted by Gasteiger charge is 2.20. The Hall–Kier alpha value is -0.260. The fourth-order valence-corrected chi connectivity index (χ4v) is 1.67. The van der Waals surface area contributed by atoms with E-state index in [2.05, 4.69) is 32.9 Å². The van der Waals surface area contributed by atoms with Crippen molar-refractivity contribution in [1.29, 1.82) is 0 Å². The van der Waals surface area contributed by atoms with Gasteiger partial charge in [0.15, 0.2) is 0 Å². The molecular weight excluding hydrogens is 108 g/mol. The molecule has 0 aromatic rings. The van der Waals surface area contributed by atoms with E-state index in [1.807, 2.05) is 0 Å². The van der Waals surface area contributed by atoms with Crippen molar-refractivity contribution in [3.63, 3.8) is 0 Å². The van der Waals surface area contributed by atoms with E-state index in [9.17, 15) is 0 Å². The molecule has 0 unspecified atom stereocenters. The maximum absolute atomic E-state index is 2.34. The Bertz CT molecular complexity index is 120. The second kappa shape index (κ2) is 2.17. The Labute approximate surface area is 58.0 Å². The predicted molar refractivity (Wildman–Crippen MR) is 41.3 cm³/mol. The van der Waals surface area contributed by atoms with Crippen LogP contribution in [0.2, 0.25) is 0 Å². The van der Waals surface area contributed by atoms with Crippen LogP contribution in [0.4, 0.5) is 0 Å². The van der Waals surface area contributed by atoms with Crippen LogP contribution < -0.4 is 0 Å². The van der Waals surface area contributed by atoms with E-state index >= 15 is 0 Å². The topological polar surface area (TPSA) is 0 Å². The molecule has 1 rings (SSSR count). The minimum atomic E-state index is 0.470. The fourth-order valence-electron chi connectivity index (χ4n) is 1.67. The lowest BCUT2D eigenvalue weighted by Gasteiger charge is -2.27. The van der Waals surface area contributed by atoms with Crippen molar-refractivity contribution in [3.05, 3.63) is 12.2 Å². The largest absolute Gasteiger partial charge is 0.0877 e. The molecule has 1 aliphatic rings. The molecular formula is C9H16. The van der Waals surface area contributed by atoms with Gasteiger partial charge in [-0.3, -0.25) is 0 Å². The van der Waals surface area contributed by atoms with Gasteiger partial charge in [-0.15, -0.1) is 0 Å². The zero-order chi connectivity index (χ0) is 6.91. The minimum Gasteiger partial charge on any atom is -0.0877 e. The Morgan fingerprint density at radius 3 is 2.44 bits per heavy atom. The van der Waals surface area contributed by atoms with Crippen LogP contribution >= 0.6 is 0 Å². The molecule has 9 heavy (non-hydrogen) atoms. The molecule has 0 aliphatic heterocycles. The van der Waals surface area contributed by atoms with Crippen molar-refractivity contribution in [3.8, 4) is 0 Å². The average molecular weight is 124 g/mol. The Balaban J connectivity index is 2.60. The van der Waals surface area contributed by atoms with Crippen LogP contribution in [0.25, 0.3) is 0 Å². The number of rotatable bonds is 0. The van der Waals surface area contributed by atoms with Gasteiger partial charge in [-0.1, -0.05) is 32.9 Å². The number of allylic oxidation sites excluding steroid dienone is 2. The first-order chi connectivity index (χ1) is 4.10. The lowest BCUT2D eigenvalue weighted by atomic mass is 9.78. The van der Waals surface area contributed by atoms with Gasteiger partial charge in [-0.2, -0.15) is 0 Å². The van der Waals surface area contributed by atoms with E-state index < -0.39 is 0 Å². The van der Waals surface area contributed by atoms with Crippen LogP contribution in [0.15, 0.2) is 12.2 Å². The monoisotopic (exact) mass is 124 g/mol. The first kappa shape index (κ1) is 6.85. The Morgan fingerprint density at radius 2 is 2.11 bits per heavy atom. The van der Waals surface area contributed by atoms with Gasteiger partial charge in [0.1, 0.15) is 0 Å². The maximum atomic E-state index is 2.34. The highest BCUT2D eigenvalue weighted by atomic mass is 14.2. The normalized spacial score (nSPS) is 32.6. The standard InChI is InChI=1S/C9H16/c1-8-5-4-6-9(2,3)7-8/h4,6,8H,5,7H2,1-3H3/t8-/m0/s1. The number of hydrogen-bond acceptors (Lipinski definition) is 0. The second-order valence-corrected chi connectivity index (χ2v) is 3.94. The summed E-state index contributed by atoms with van der Waals surface area (Å²) in [5.41, 5.74) is 0.470. The van der Waals surface area contributed by atoms with Gasteiger partial charge in [0.25, 0.3) is 0 Å². The molecule has 0 amide bonds. The summed E-state index contributed by atoms with van der Waals surface area (Å²) in [6.07, 6.45) is 7.29. The van der Waals surface area contributed by atoms with Crippen LogP contribution in [-0.4, -0.2) is 0 Å². The van der Waals surface area contributed by atoms with E-state index in [1.54, 1.807) is 0 Å². The summed E-state index contributed by atoms with van der Waals surface area (Å²) in [5, 5.41) is 0. The molecule has 0 spiro atoms. The van der Waals surface area contributed by atoms with E-state index in [-0.39, 0.29) is 0 Å². The third-order valence-electron chi connectivity index (χ3n) is 1.98. The first-order valence-corrected chi connectivity index (χ1v) is 3.78. The van der Waals surface area contributed by atoms with E-state index in [0.717, 1.165) is 5.92 Å². The maximum Gasteiger partial charge on any atom is -0.0172 e. The third kappa shape index (κ3) is 1.85. The van der Waals surface area contributed by atoms with Crippen LogP contribution in [0, 0.1) is 11.3 Å². The summed E-state index contributed by atoms with van der Waals surface area (Å²) in [7, 11) is 0. The van der Waals surface area contributed by atoms with Gasteiger partial charge in [0.05, 0.1) is 0 Å². The fraction of sp³-hybridized carbons (Fsp3) is 0.778. The molecule has 0 radical (unpaired) electrons. The summed E-state index contributed by atoms with van der Waals surface area (Å²) in [5.74, 6) is 0.894. The van der Waals surface area contributed by atoms with Gasteiger partial charge >= 0.3 is 0 Å². The minimum absolute atomic E-state index is 0.470. The Kier molecular flexibility index (Phi) is 1.65. The molecule has 0 aromatic carbocycles. The summed E-state index contributed by atoms with van der Waals surface area (Å²) in [4.78, 5) is 0. The zero-order valence-electron chi connectivity index (χ0n) is 6.65. The van der Waals surface area contributed by atoms with Gasteiger partial charge in [-0.25, -0.2) is 0 Å². The first-order valence-electron chi connectivity index (χ1n) is 3.78. The zero-order valence-corrected chi connectivity index (χ0v) is 6.65. The van der Waals surface area contributed by atoms with Gasteiger partial charge < -0.3 is 0 Å². The van der Waals surface area contributed by atoms with Crippen LogP contribution in [0.3, 0.4) is 0 Å². The van der Waals surface area contributed by atoms with Gasteiger partial charge in [0, 0.05) is 0 Å². The van der Waals surface area contributed by atoms with Crippen LogP contribution in [0.5, 0.6) is 0 Å². The van der Waals surface area contributed by atoms with Gasteiger partial charge in [-0.05, 0) is 24.2 Å². The highest BCUT2D eigenvalue weighted by molar-refractivity contribution is 5.00. The van der Waals surface area contributed by atoms with Crippen molar-refractivity contribution >= 4 is 0 Å². The van der Waals surface area contributed by atoms with Gasteiger partial charge in [0.2, 0.25) is 0 Å². The van der Waals surface area contributed by atoms with Crippen LogP contribution in [-0.2, 0) is 0 Å². The highest BCUT2D eigenvalue weighted by Crippen LogP contribution is 2.32. The molecule has 1 atom stereocenters. The smallest absolute Gasteiger partial charge is 0.0172 e. The SMILES string of the molecule is C[C@H]1CC=CC(C)(C)C1. The lowest BCUT2D eigenvalue weighted by Crippen LogP contribution is -2.15. The predicted octanol–water partition coefficient (Wildman–Crippen LogP) is 3.00.